The molecule has 146 valence electrons. The fourth-order valence-electron chi connectivity index (χ4n) is 4.08. The summed E-state index contributed by atoms with van der Waals surface area (Å²) in [5.74, 6) is -0.170. The number of nitrogens with zero attached hydrogens (tertiary/aromatic N) is 3. The summed E-state index contributed by atoms with van der Waals surface area (Å²) in [5, 5.41) is 1.05. The molecular weight excluding hydrogens is 353 g/mol. The number of rotatable bonds is 4. The van der Waals surface area contributed by atoms with Gasteiger partial charge in [-0.1, -0.05) is 30.3 Å². The van der Waals surface area contributed by atoms with Gasteiger partial charge in [-0.2, -0.15) is 0 Å². The molecule has 1 saturated heterocycles. The number of carbonyl (C=O) groups excluding carboxylic acids is 1. The third-order valence-electron chi connectivity index (χ3n) is 5.77. The van der Waals surface area contributed by atoms with E-state index < -0.39 is 0 Å². The second-order valence-corrected chi connectivity index (χ2v) is 7.79. The van der Waals surface area contributed by atoms with Crippen LogP contribution in [0.25, 0.3) is 10.9 Å². The van der Waals surface area contributed by atoms with Crippen LogP contribution in [0.3, 0.4) is 0 Å². The molecule has 1 aliphatic heterocycles. The van der Waals surface area contributed by atoms with Gasteiger partial charge in [0.15, 0.2) is 0 Å². The molecule has 0 saturated carbocycles. The van der Waals surface area contributed by atoms with E-state index in [1.54, 1.807) is 12.1 Å². The largest absolute Gasteiger partial charge is 0.337 e. The van der Waals surface area contributed by atoms with Crippen molar-refractivity contribution in [3.63, 3.8) is 0 Å². The van der Waals surface area contributed by atoms with Crippen LogP contribution in [0.4, 0.5) is 4.39 Å². The highest BCUT2D eigenvalue weighted by atomic mass is 19.1. The second kappa shape index (κ2) is 7.76. The van der Waals surface area contributed by atoms with Gasteiger partial charge in [0.25, 0.3) is 5.91 Å². The molecule has 0 radical (unpaired) electrons. The maximum absolute atomic E-state index is 13.3. The molecule has 1 aliphatic rings. The predicted octanol–water partition coefficient (Wildman–Crippen LogP) is 3.99. The van der Waals surface area contributed by atoms with E-state index >= 15 is 0 Å². The topological polar surface area (TPSA) is 28.5 Å². The third kappa shape index (κ3) is 3.67. The zero-order valence-electron chi connectivity index (χ0n) is 16.4. The molecule has 4 nitrogen and oxygen atoms in total. The van der Waals surface area contributed by atoms with Gasteiger partial charge < -0.3 is 14.4 Å². The van der Waals surface area contributed by atoms with E-state index in [-0.39, 0.29) is 11.7 Å². The van der Waals surface area contributed by atoms with E-state index in [2.05, 4.69) is 23.6 Å². The van der Waals surface area contributed by atoms with E-state index in [1.165, 1.54) is 12.1 Å². The highest BCUT2D eigenvalue weighted by Gasteiger charge is 2.27. The van der Waals surface area contributed by atoms with Crippen molar-refractivity contribution in [1.82, 2.24) is 14.4 Å². The standard InChI is InChI=1S/C23H26FN3O/c1-25(2)20-11-13-26(14-12-20)23(28)22-15-18-5-3-4-6-21(18)27(22)16-17-7-9-19(24)10-8-17/h3-10,15,20H,11-14,16H2,1-2H3. The number of hydrogen-bond donors (Lipinski definition) is 0. The van der Waals surface area contributed by atoms with Crippen molar-refractivity contribution < 1.29 is 9.18 Å². The molecule has 4 rings (SSSR count). The Morgan fingerprint density at radius 1 is 1.07 bits per heavy atom. The molecule has 5 heteroatoms. The number of hydrogen-bond acceptors (Lipinski definition) is 2. The van der Waals surface area contributed by atoms with E-state index in [4.69, 9.17) is 0 Å². The Hall–Kier alpha value is -2.66. The summed E-state index contributed by atoms with van der Waals surface area (Å²) in [7, 11) is 4.20. The normalized spacial score (nSPS) is 15.5. The molecule has 1 amide bonds. The number of carbonyl (C=O) groups is 1. The van der Waals surface area contributed by atoms with Crippen LogP contribution in [0, 0.1) is 5.82 Å². The van der Waals surface area contributed by atoms with Crippen molar-refractivity contribution in [3.8, 4) is 0 Å². The number of amides is 1. The average molecular weight is 379 g/mol. The molecule has 0 N–H and O–H groups in total. The zero-order chi connectivity index (χ0) is 19.7. The number of likely N-dealkylation sites (tertiary alicyclic amines) is 1. The maximum Gasteiger partial charge on any atom is 0.270 e. The van der Waals surface area contributed by atoms with E-state index in [9.17, 15) is 9.18 Å². The summed E-state index contributed by atoms with van der Waals surface area (Å²) >= 11 is 0. The number of halogens is 1. The van der Waals surface area contributed by atoms with Gasteiger partial charge in [-0.3, -0.25) is 4.79 Å². The van der Waals surface area contributed by atoms with E-state index in [1.807, 2.05) is 35.2 Å². The average Bonchev–Trinajstić information content (AvgIpc) is 3.07. The predicted molar refractivity (Wildman–Crippen MR) is 110 cm³/mol. The molecule has 3 aromatic rings. The minimum Gasteiger partial charge on any atom is -0.337 e. The summed E-state index contributed by atoms with van der Waals surface area (Å²) in [6.45, 7) is 2.10. The van der Waals surface area contributed by atoms with E-state index in [0.29, 0.717) is 18.3 Å². The molecule has 0 spiro atoms. The summed E-state index contributed by atoms with van der Waals surface area (Å²) < 4.78 is 15.3. The highest BCUT2D eigenvalue weighted by Crippen LogP contribution is 2.24. The second-order valence-electron chi connectivity index (χ2n) is 7.79. The van der Waals surface area contributed by atoms with Gasteiger partial charge in [0.2, 0.25) is 0 Å². The molecular formula is C23H26FN3O. The lowest BCUT2D eigenvalue weighted by Gasteiger charge is -2.35. The number of piperidine rings is 1. The van der Waals surface area contributed by atoms with Crippen LogP contribution in [-0.4, -0.2) is 53.5 Å². The third-order valence-corrected chi connectivity index (χ3v) is 5.77. The van der Waals surface area contributed by atoms with Gasteiger partial charge in [0, 0.05) is 36.6 Å². The maximum atomic E-state index is 13.3. The molecule has 0 atom stereocenters. The van der Waals surface area contributed by atoms with Crippen LogP contribution in [0.2, 0.25) is 0 Å². The molecule has 2 aromatic carbocycles. The van der Waals surface area contributed by atoms with Crippen molar-refractivity contribution in [2.45, 2.75) is 25.4 Å². The molecule has 28 heavy (non-hydrogen) atoms. The van der Waals surface area contributed by atoms with Crippen molar-refractivity contribution in [2.75, 3.05) is 27.2 Å². The Bertz CT molecular complexity index is 969. The minimum absolute atomic E-state index is 0.0792. The van der Waals surface area contributed by atoms with Crippen molar-refractivity contribution >= 4 is 16.8 Å². The van der Waals surface area contributed by atoms with Crippen LogP contribution in [0.15, 0.2) is 54.6 Å². The lowest BCUT2D eigenvalue weighted by Crippen LogP contribution is -2.44. The van der Waals surface area contributed by atoms with Crippen molar-refractivity contribution in [3.05, 3.63) is 71.7 Å². The number of benzene rings is 2. The summed E-state index contributed by atoms with van der Waals surface area (Å²) in [4.78, 5) is 17.6. The first-order valence-electron chi connectivity index (χ1n) is 9.81. The van der Waals surface area contributed by atoms with Crippen LogP contribution >= 0.6 is 0 Å². The molecule has 1 fully saturated rings. The number of aromatic nitrogens is 1. The Morgan fingerprint density at radius 3 is 2.43 bits per heavy atom. The van der Waals surface area contributed by atoms with Crippen molar-refractivity contribution in [2.24, 2.45) is 0 Å². The highest BCUT2D eigenvalue weighted by molar-refractivity contribution is 5.99. The van der Waals surface area contributed by atoms with Crippen LogP contribution in [0.5, 0.6) is 0 Å². The quantitative estimate of drug-likeness (QED) is 0.686. The van der Waals surface area contributed by atoms with Crippen molar-refractivity contribution in [1.29, 1.82) is 0 Å². The zero-order valence-corrected chi connectivity index (χ0v) is 16.4. The fourth-order valence-corrected chi connectivity index (χ4v) is 4.08. The lowest BCUT2D eigenvalue weighted by atomic mass is 10.0. The fraction of sp³-hybridized carbons (Fsp3) is 0.348. The first-order chi connectivity index (χ1) is 13.5. The van der Waals surface area contributed by atoms with Crippen LogP contribution in [-0.2, 0) is 6.54 Å². The first kappa shape index (κ1) is 18.7. The van der Waals surface area contributed by atoms with Gasteiger partial charge in [-0.05, 0) is 56.8 Å². The molecule has 0 bridgehead atoms. The van der Waals surface area contributed by atoms with Crippen LogP contribution < -0.4 is 0 Å². The lowest BCUT2D eigenvalue weighted by molar-refractivity contribution is 0.0653. The number of fused-ring (bicyclic) bond motifs is 1. The summed E-state index contributed by atoms with van der Waals surface area (Å²) in [6, 6.07) is 17.1. The molecule has 2 heterocycles. The van der Waals surface area contributed by atoms with Gasteiger partial charge in [0.05, 0.1) is 0 Å². The van der Waals surface area contributed by atoms with Gasteiger partial charge in [-0.25, -0.2) is 4.39 Å². The molecule has 0 aliphatic carbocycles. The van der Waals surface area contributed by atoms with Gasteiger partial charge >= 0.3 is 0 Å². The molecule has 1 aromatic heterocycles. The number of para-hydroxylation sites is 1. The smallest absolute Gasteiger partial charge is 0.270 e. The SMILES string of the molecule is CN(C)C1CCN(C(=O)c2cc3ccccc3n2Cc2ccc(F)cc2)CC1. The van der Waals surface area contributed by atoms with E-state index in [0.717, 1.165) is 42.4 Å². The minimum atomic E-state index is -0.249. The molecule has 0 unspecified atom stereocenters. The Morgan fingerprint density at radius 2 is 1.75 bits per heavy atom. The first-order valence-corrected chi connectivity index (χ1v) is 9.81. The Kier molecular flexibility index (Phi) is 5.18. The Labute approximate surface area is 165 Å². The van der Waals surface area contributed by atoms with Gasteiger partial charge in [0.1, 0.15) is 11.5 Å². The summed E-state index contributed by atoms with van der Waals surface area (Å²) in [5.41, 5.74) is 2.70. The summed E-state index contributed by atoms with van der Waals surface area (Å²) in [6.07, 6.45) is 1.99. The Balaban J connectivity index is 1.64. The van der Waals surface area contributed by atoms with Gasteiger partial charge in [-0.15, -0.1) is 0 Å². The monoisotopic (exact) mass is 379 g/mol. The van der Waals surface area contributed by atoms with Crippen LogP contribution in [0.1, 0.15) is 28.9 Å².